The van der Waals surface area contributed by atoms with Gasteiger partial charge in [0.1, 0.15) is 0 Å². The Bertz CT molecular complexity index is 1190. The highest BCUT2D eigenvalue weighted by molar-refractivity contribution is 7.45. The summed E-state index contributed by atoms with van der Waals surface area (Å²) in [5, 5.41) is 0. The first-order valence-electron chi connectivity index (χ1n) is 12.7. The molecule has 1 aliphatic heterocycles. The summed E-state index contributed by atoms with van der Waals surface area (Å²) in [4.78, 5) is 38.8. The third-order valence-electron chi connectivity index (χ3n) is 7.10. The molecule has 0 aromatic heterocycles. The fourth-order valence-electron chi connectivity index (χ4n) is 5.15. The van der Waals surface area contributed by atoms with Crippen LogP contribution in [-0.2, 0) is 28.6 Å². The fourth-order valence-corrected chi connectivity index (χ4v) is 5.15. The molecular formula is C27H39N2O9P. The Morgan fingerprint density at radius 3 is 1.97 bits per heavy atom. The maximum absolute atomic E-state index is 12.9. The van der Waals surface area contributed by atoms with Gasteiger partial charge in [0.25, 0.3) is 0 Å². The molecular weight excluding hydrogens is 527 g/mol. The van der Waals surface area contributed by atoms with Crippen molar-refractivity contribution in [1.82, 2.24) is 9.80 Å². The number of carbonyl (C=O) groups excluding carboxylic acids is 1. The van der Waals surface area contributed by atoms with Crippen molar-refractivity contribution in [2.75, 3.05) is 61.7 Å². The minimum absolute atomic E-state index is 0.183. The van der Waals surface area contributed by atoms with E-state index < -0.39 is 7.82 Å². The second-order valence-corrected chi connectivity index (χ2v) is 10.7. The van der Waals surface area contributed by atoms with Crippen LogP contribution in [-0.4, -0.2) is 92.1 Å². The number of hydrogen-bond donors (Lipinski definition) is 3. The van der Waals surface area contributed by atoms with Gasteiger partial charge in [-0.2, -0.15) is 0 Å². The Hall–Kier alpha value is -2.82. The van der Waals surface area contributed by atoms with Gasteiger partial charge in [0.15, 0.2) is 23.0 Å². The van der Waals surface area contributed by atoms with Crippen LogP contribution in [0, 0.1) is 0 Å². The Morgan fingerprint density at radius 2 is 1.41 bits per heavy atom. The lowest BCUT2D eigenvalue weighted by atomic mass is 9.77. The van der Waals surface area contributed by atoms with Crippen LogP contribution < -0.4 is 18.9 Å². The standard InChI is InChI=1S/C27H36N2O5.H3O4P/c1-28(17-21-11-20-14-25(33-4)26(34-5)16-22(20)21)8-6-9-29-10-7-18-12-23(31-2)24(32-3)13-19(18)15-27(29)30;1-5(2,3)4/h12-14,16,21H,6-11,15,17H2,1-5H3;(H3,1,2,3,4)/t21-;/m1./s1. The maximum Gasteiger partial charge on any atom is 0.466 e. The summed E-state index contributed by atoms with van der Waals surface area (Å²) < 4.78 is 30.6. The lowest BCUT2D eigenvalue weighted by molar-refractivity contribution is -0.130. The highest BCUT2D eigenvalue weighted by Crippen LogP contribution is 2.42. The van der Waals surface area contributed by atoms with Crippen LogP contribution in [0.25, 0.3) is 0 Å². The van der Waals surface area contributed by atoms with Crippen LogP contribution >= 0.6 is 7.82 Å². The molecule has 0 spiro atoms. The molecule has 2 aromatic carbocycles. The average molecular weight is 567 g/mol. The predicted molar refractivity (Wildman–Crippen MR) is 146 cm³/mol. The molecule has 1 heterocycles. The molecule has 12 heteroatoms. The third kappa shape index (κ3) is 8.33. The molecule has 2 aromatic rings. The lowest BCUT2D eigenvalue weighted by Crippen LogP contribution is -2.36. The number of carbonyl (C=O) groups is 1. The molecule has 0 saturated carbocycles. The third-order valence-corrected chi connectivity index (χ3v) is 7.10. The molecule has 0 saturated heterocycles. The van der Waals surface area contributed by atoms with E-state index in [2.05, 4.69) is 24.1 Å². The van der Waals surface area contributed by atoms with Gasteiger partial charge in [-0.05, 0) is 79.4 Å². The number of ether oxygens (including phenoxy) is 4. The first-order valence-corrected chi connectivity index (χ1v) is 14.3. The highest BCUT2D eigenvalue weighted by Gasteiger charge is 2.29. The van der Waals surface area contributed by atoms with E-state index in [1.54, 1.807) is 28.4 Å². The quantitative estimate of drug-likeness (QED) is 0.368. The second-order valence-electron chi connectivity index (χ2n) is 9.72. The molecule has 0 radical (unpaired) electrons. The number of likely N-dealkylation sites (N-methyl/N-ethyl adjacent to an activating group) is 1. The molecule has 4 rings (SSSR count). The molecule has 216 valence electrons. The summed E-state index contributed by atoms with van der Waals surface area (Å²) >= 11 is 0. The van der Waals surface area contributed by atoms with E-state index in [9.17, 15) is 4.79 Å². The molecule has 0 bridgehead atoms. The van der Waals surface area contributed by atoms with Crippen molar-refractivity contribution >= 4 is 13.7 Å². The largest absolute Gasteiger partial charge is 0.493 e. The molecule has 2 aliphatic rings. The van der Waals surface area contributed by atoms with Gasteiger partial charge < -0.3 is 43.4 Å². The van der Waals surface area contributed by atoms with Crippen molar-refractivity contribution < 1.29 is 43.0 Å². The van der Waals surface area contributed by atoms with Crippen LogP contribution in [0.2, 0.25) is 0 Å². The summed E-state index contributed by atoms with van der Waals surface area (Å²) in [6.07, 6.45) is 3.27. The van der Waals surface area contributed by atoms with Crippen LogP contribution in [0.4, 0.5) is 0 Å². The van der Waals surface area contributed by atoms with Crippen LogP contribution in [0.5, 0.6) is 23.0 Å². The monoisotopic (exact) mass is 566 g/mol. The summed E-state index contributed by atoms with van der Waals surface area (Å²) in [6.45, 7) is 3.47. The first-order chi connectivity index (χ1) is 18.5. The number of amides is 1. The SMILES string of the molecule is COc1cc2c(cc1OC)CC(=O)N(CCCN(C)C[C@H]1Cc3cc(OC)c(OC)cc31)CC2.O=P(O)(O)O. The predicted octanol–water partition coefficient (Wildman–Crippen LogP) is 2.38. The molecule has 1 amide bonds. The van der Waals surface area contributed by atoms with Crippen molar-refractivity contribution in [3.8, 4) is 23.0 Å². The highest BCUT2D eigenvalue weighted by atomic mass is 31.2. The van der Waals surface area contributed by atoms with Gasteiger partial charge in [-0.15, -0.1) is 0 Å². The Balaban J connectivity index is 0.000000771. The zero-order valence-corrected chi connectivity index (χ0v) is 24.1. The first kappa shape index (κ1) is 30.7. The second kappa shape index (κ2) is 13.5. The van der Waals surface area contributed by atoms with Crippen molar-refractivity contribution in [3.05, 3.63) is 46.5 Å². The number of rotatable bonds is 10. The van der Waals surface area contributed by atoms with E-state index in [0.29, 0.717) is 18.1 Å². The van der Waals surface area contributed by atoms with E-state index >= 15 is 0 Å². The number of nitrogens with zero attached hydrogens (tertiary/aromatic N) is 2. The van der Waals surface area contributed by atoms with Gasteiger partial charge in [-0.1, -0.05) is 0 Å². The molecule has 11 nitrogen and oxygen atoms in total. The fraction of sp³-hybridized carbons (Fsp3) is 0.519. The van der Waals surface area contributed by atoms with Gasteiger partial charge in [0, 0.05) is 25.6 Å². The molecule has 0 fully saturated rings. The van der Waals surface area contributed by atoms with E-state index in [0.717, 1.165) is 68.3 Å². The van der Waals surface area contributed by atoms with E-state index in [-0.39, 0.29) is 5.91 Å². The molecule has 1 atom stereocenters. The summed E-state index contributed by atoms with van der Waals surface area (Å²) in [5.41, 5.74) is 4.91. The van der Waals surface area contributed by atoms with Gasteiger partial charge in [-0.3, -0.25) is 4.79 Å². The lowest BCUT2D eigenvalue weighted by Gasteiger charge is -2.34. The minimum Gasteiger partial charge on any atom is -0.493 e. The maximum atomic E-state index is 12.9. The summed E-state index contributed by atoms with van der Waals surface area (Å²) in [6, 6.07) is 8.18. The summed E-state index contributed by atoms with van der Waals surface area (Å²) in [5.74, 6) is 3.69. The van der Waals surface area contributed by atoms with E-state index in [1.165, 1.54) is 16.7 Å². The van der Waals surface area contributed by atoms with Gasteiger partial charge in [0.05, 0.1) is 34.9 Å². The molecule has 39 heavy (non-hydrogen) atoms. The van der Waals surface area contributed by atoms with Crippen LogP contribution in [0.15, 0.2) is 24.3 Å². The number of fused-ring (bicyclic) bond motifs is 2. The van der Waals surface area contributed by atoms with Crippen LogP contribution in [0.3, 0.4) is 0 Å². The van der Waals surface area contributed by atoms with Crippen LogP contribution in [0.1, 0.15) is 34.6 Å². The Labute approximate surface area is 229 Å². The number of benzene rings is 2. The zero-order chi connectivity index (χ0) is 28.7. The average Bonchev–Trinajstić information content (AvgIpc) is 3.02. The number of phosphoric acid groups is 1. The van der Waals surface area contributed by atoms with Crippen molar-refractivity contribution in [2.45, 2.75) is 31.6 Å². The number of hydrogen-bond acceptors (Lipinski definition) is 7. The molecule has 3 N–H and O–H groups in total. The van der Waals surface area contributed by atoms with Crippen molar-refractivity contribution in [1.29, 1.82) is 0 Å². The smallest absolute Gasteiger partial charge is 0.466 e. The Morgan fingerprint density at radius 1 is 0.897 bits per heavy atom. The zero-order valence-electron chi connectivity index (χ0n) is 23.2. The van der Waals surface area contributed by atoms with Gasteiger partial charge in [0.2, 0.25) is 5.91 Å². The van der Waals surface area contributed by atoms with E-state index in [1.807, 2.05) is 17.0 Å². The number of methoxy groups -OCH3 is 4. The van der Waals surface area contributed by atoms with Crippen molar-refractivity contribution in [3.63, 3.8) is 0 Å². The van der Waals surface area contributed by atoms with Crippen molar-refractivity contribution in [2.24, 2.45) is 0 Å². The summed E-state index contributed by atoms with van der Waals surface area (Å²) in [7, 11) is 4.15. The van der Waals surface area contributed by atoms with Gasteiger partial charge in [-0.25, -0.2) is 4.57 Å². The van der Waals surface area contributed by atoms with E-state index in [4.69, 9.17) is 38.2 Å². The Kier molecular flexibility index (Phi) is 10.6. The molecule has 1 aliphatic carbocycles. The minimum atomic E-state index is -4.64. The normalized spacial score (nSPS) is 16.3. The van der Waals surface area contributed by atoms with Gasteiger partial charge >= 0.3 is 7.82 Å². The molecule has 0 unspecified atom stereocenters. The topological polar surface area (TPSA) is 138 Å².